The minimum Gasteiger partial charge on any atom is -0.381 e. The highest BCUT2D eigenvalue weighted by atomic mass is 16.1. The number of benzene rings is 1. The average Bonchev–Trinajstić information content (AvgIpc) is 3.20. The molecule has 8 heteroatoms. The first-order valence-electron chi connectivity index (χ1n) is 10.9. The summed E-state index contributed by atoms with van der Waals surface area (Å²) in [4.78, 5) is 22.7. The first kappa shape index (κ1) is 21.2. The molecule has 0 spiro atoms. The molecule has 0 aliphatic carbocycles. The average molecular weight is 450 g/mol. The molecule has 5 rings (SSSR count). The summed E-state index contributed by atoms with van der Waals surface area (Å²) >= 11 is 0. The number of fused-ring (bicyclic) bond motifs is 2. The zero-order valence-electron chi connectivity index (χ0n) is 18.8. The number of pyridine rings is 2. The van der Waals surface area contributed by atoms with Gasteiger partial charge < -0.3 is 16.4 Å². The SMILES string of the molecule is CC#Cc1ccnc2cc(C(C)NC(=O)c3c(N)nn4c3NCC=C4)c(-c3ccccc3)nc12. The van der Waals surface area contributed by atoms with E-state index in [4.69, 9.17) is 10.7 Å². The maximum absolute atomic E-state index is 13.3. The molecular weight excluding hydrogens is 426 g/mol. The van der Waals surface area contributed by atoms with Crippen LogP contribution in [0.4, 0.5) is 11.6 Å². The highest BCUT2D eigenvalue weighted by Gasteiger charge is 2.25. The molecule has 1 unspecified atom stereocenters. The molecule has 8 nitrogen and oxygen atoms in total. The fourth-order valence-electron chi connectivity index (χ4n) is 4.09. The van der Waals surface area contributed by atoms with Crippen molar-refractivity contribution in [1.29, 1.82) is 0 Å². The number of nitrogens with two attached hydrogens (primary N) is 1. The fourth-order valence-corrected chi connectivity index (χ4v) is 4.09. The van der Waals surface area contributed by atoms with Gasteiger partial charge in [0.2, 0.25) is 0 Å². The summed E-state index contributed by atoms with van der Waals surface area (Å²) in [6.07, 6.45) is 5.41. The van der Waals surface area contributed by atoms with Gasteiger partial charge in [-0.15, -0.1) is 11.0 Å². The van der Waals surface area contributed by atoms with Gasteiger partial charge in [0, 0.05) is 30.1 Å². The van der Waals surface area contributed by atoms with Gasteiger partial charge in [0.25, 0.3) is 5.91 Å². The zero-order valence-corrected chi connectivity index (χ0v) is 18.8. The molecule has 1 aliphatic rings. The molecule has 3 aromatic heterocycles. The van der Waals surface area contributed by atoms with Crippen molar-refractivity contribution in [3.63, 3.8) is 0 Å². The van der Waals surface area contributed by atoms with E-state index in [0.29, 0.717) is 23.4 Å². The summed E-state index contributed by atoms with van der Waals surface area (Å²) in [6.45, 7) is 4.31. The van der Waals surface area contributed by atoms with Crippen LogP contribution in [0.1, 0.15) is 41.4 Å². The van der Waals surface area contributed by atoms with E-state index in [1.54, 1.807) is 24.0 Å². The minimum absolute atomic E-state index is 0.170. The lowest BCUT2D eigenvalue weighted by atomic mass is 9.99. The van der Waals surface area contributed by atoms with Crippen molar-refractivity contribution in [2.45, 2.75) is 19.9 Å². The molecule has 0 saturated heterocycles. The monoisotopic (exact) mass is 449 g/mol. The van der Waals surface area contributed by atoms with Gasteiger partial charge in [0.15, 0.2) is 5.82 Å². The van der Waals surface area contributed by atoms with E-state index in [-0.39, 0.29) is 17.8 Å². The lowest BCUT2D eigenvalue weighted by molar-refractivity contribution is 0.0941. The van der Waals surface area contributed by atoms with Gasteiger partial charge in [-0.1, -0.05) is 36.3 Å². The number of rotatable bonds is 4. The van der Waals surface area contributed by atoms with E-state index in [2.05, 4.69) is 32.6 Å². The molecular formula is C26H23N7O. The van der Waals surface area contributed by atoms with Gasteiger partial charge >= 0.3 is 0 Å². The highest BCUT2D eigenvalue weighted by Crippen LogP contribution is 2.31. The normalized spacial score (nSPS) is 12.9. The number of nitrogens with one attached hydrogen (secondary N) is 2. The van der Waals surface area contributed by atoms with Crippen molar-refractivity contribution >= 4 is 34.8 Å². The Morgan fingerprint density at radius 3 is 2.88 bits per heavy atom. The summed E-state index contributed by atoms with van der Waals surface area (Å²) in [5, 5.41) is 10.5. The number of hydrogen-bond donors (Lipinski definition) is 3. The van der Waals surface area contributed by atoms with Crippen LogP contribution < -0.4 is 16.4 Å². The standard InChI is InChI=1S/C26H23N7O/c1-3-8-17-11-13-28-20-15-19(22(31-23(17)20)18-9-5-4-6-10-18)16(2)30-26(34)21-24(27)32-33-14-7-12-29-25(21)33/h4-7,9-11,13-16,29H,12H2,1-2H3,(H2,27,32)(H,30,34). The van der Waals surface area contributed by atoms with Crippen molar-refractivity contribution in [2.75, 3.05) is 17.6 Å². The van der Waals surface area contributed by atoms with Gasteiger partial charge in [-0.3, -0.25) is 9.78 Å². The number of carbonyl (C=O) groups is 1. The predicted octanol–water partition coefficient (Wildman–Crippen LogP) is 3.83. The van der Waals surface area contributed by atoms with Crippen LogP contribution >= 0.6 is 0 Å². The largest absolute Gasteiger partial charge is 0.381 e. The Bertz CT molecular complexity index is 1490. The van der Waals surface area contributed by atoms with Crippen LogP contribution in [-0.2, 0) is 0 Å². The second kappa shape index (κ2) is 8.71. The zero-order chi connectivity index (χ0) is 23.7. The Balaban J connectivity index is 1.58. The number of nitrogen functional groups attached to an aromatic ring is 1. The maximum Gasteiger partial charge on any atom is 0.259 e. The summed E-state index contributed by atoms with van der Waals surface area (Å²) in [7, 11) is 0. The van der Waals surface area contributed by atoms with E-state index in [0.717, 1.165) is 27.9 Å². The fraction of sp³-hybridized carbons (Fsp3) is 0.154. The van der Waals surface area contributed by atoms with Crippen molar-refractivity contribution in [1.82, 2.24) is 25.1 Å². The second-order valence-corrected chi connectivity index (χ2v) is 7.91. The lowest BCUT2D eigenvalue weighted by Crippen LogP contribution is -2.28. The second-order valence-electron chi connectivity index (χ2n) is 7.91. The smallest absolute Gasteiger partial charge is 0.259 e. The van der Waals surface area contributed by atoms with Crippen molar-refractivity contribution in [3.05, 3.63) is 71.4 Å². The van der Waals surface area contributed by atoms with Crippen molar-refractivity contribution < 1.29 is 4.79 Å². The molecule has 34 heavy (non-hydrogen) atoms. The number of hydrogen-bond acceptors (Lipinski definition) is 6. The van der Waals surface area contributed by atoms with E-state index in [1.807, 2.05) is 55.5 Å². The number of anilines is 2. The molecule has 0 fully saturated rings. The molecule has 1 aliphatic heterocycles. The first-order chi connectivity index (χ1) is 16.6. The van der Waals surface area contributed by atoms with E-state index < -0.39 is 0 Å². The summed E-state index contributed by atoms with van der Waals surface area (Å²) in [5.74, 6) is 6.48. The molecule has 168 valence electrons. The first-order valence-corrected chi connectivity index (χ1v) is 10.9. The van der Waals surface area contributed by atoms with Crippen LogP contribution in [0.15, 0.2) is 54.7 Å². The van der Waals surface area contributed by atoms with E-state index in [1.165, 1.54) is 0 Å². The molecule has 0 saturated carbocycles. The van der Waals surface area contributed by atoms with Crippen molar-refractivity contribution in [2.24, 2.45) is 0 Å². The Hall–Kier alpha value is -4.64. The quantitative estimate of drug-likeness (QED) is 0.408. The van der Waals surface area contributed by atoms with Crippen LogP contribution in [0.25, 0.3) is 28.5 Å². The molecule has 0 radical (unpaired) electrons. The third-order valence-corrected chi connectivity index (χ3v) is 5.66. The third kappa shape index (κ3) is 3.73. The van der Waals surface area contributed by atoms with Gasteiger partial charge in [-0.25, -0.2) is 9.67 Å². The molecule has 1 aromatic carbocycles. The van der Waals surface area contributed by atoms with Crippen LogP contribution in [0, 0.1) is 11.8 Å². The molecule has 1 amide bonds. The number of nitrogens with zero attached hydrogens (tertiary/aromatic N) is 4. The van der Waals surface area contributed by atoms with Crippen LogP contribution in [0.2, 0.25) is 0 Å². The maximum atomic E-state index is 13.3. The topological polar surface area (TPSA) is 111 Å². The molecule has 0 bridgehead atoms. The number of amides is 1. The minimum atomic E-state index is -0.378. The lowest BCUT2D eigenvalue weighted by Gasteiger charge is -2.19. The Morgan fingerprint density at radius 1 is 1.26 bits per heavy atom. The summed E-state index contributed by atoms with van der Waals surface area (Å²) < 4.78 is 1.58. The molecule has 4 heterocycles. The molecule has 1 atom stereocenters. The summed E-state index contributed by atoms with van der Waals surface area (Å²) in [5.41, 5.74) is 11.2. The van der Waals surface area contributed by atoms with Gasteiger partial charge in [-0.05, 0) is 32.1 Å². The summed E-state index contributed by atoms with van der Waals surface area (Å²) in [6, 6.07) is 13.3. The van der Waals surface area contributed by atoms with Crippen LogP contribution in [-0.4, -0.2) is 32.2 Å². The van der Waals surface area contributed by atoms with Crippen LogP contribution in [0.5, 0.6) is 0 Å². The molecule has 4 aromatic rings. The predicted molar refractivity (Wildman–Crippen MR) is 134 cm³/mol. The van der Waals surface area contributed by atoms with Gasteiger partial charge in [0.05, 0.1) is 22.8 Å². The van der Waals surface area contributed by atoms with Gasteiger partial charge in [-0.2, -0.15) is 0 Å². The molecule has 4 N–H and O–H groups in total. The van der Waals surface area contributed by atoms with Gasteiger partial charge in [0.1, 0.15) is 16.9 Å². The number of carbonyl (C=O) groups excluding carboxylic acids is 1. The Labute approximate surface area is 196 Å². The van der Waals surface area contributed by atoms with E-state index in [9.17, 15) is 4.79 Å². The Kier molecular flexibility index (Phi) is 5.44. The Morgan fingerprint density at radius 2 is 2.09 bits per heavy atom. The third-order valence-electron chi connectivity index (χ3n) is 5.66. The highest BCUT2D eigenvalue weighted by molar-refractivity contribution is 6.04. The van der Waals surface area contributed by atoms with Crippen LogP contribution in [0.3, 0.4) is 0 Å². The number of aromatic nitrogens is 4. The van der Waals surface area contributed by atoms with Crippen molar-refractivity contribution in [3.8, 4) is 23.1 Å². The van der Waals surface area contributed by atoms with E-state index >= 15 is 0 Å².